The number of imidazole rings is 1. The maximum atomic E-state index is 12.1. The molecule has 1 N–H and O–H groups in total. The molecule has 3 aromatic heterocycles. The van der Waals surface area contributed by atoms with Gasteiger partial charge in [0.2, 0.25) is 5.91 Å². The van der Waals surface area contributed by atoms with Crippen molar-refractivity contribution in [2.45, 2.75) is 45.7 Å². The molecule has 3 heterocycles. The van der Waals surface area contributed by atoms with E-state index in [0.29, 0.717) is 12.8 Å². The van der Waals surface area contributed by atoms with Gasteiger partial charge in [0.05, 0.1) is 6.54 Å². The number of nitrogens with zero attached hydrogens (tertiary/aromatic N) is 3. The van der Waals surface area contributed by atoms with E-state index in [1.165, 1.54) is 4.88 Å². The number of hydrogen-bond acceptors (Lipinski definition) is 4. The van der Waals surface area contributed by atoms with E-state index < -0.39 is 0 Å². The highest BCUT2D eigenvalue weighted by atomic mass is 32.1. The molecule has 0 spiro atoms. The summed E-state index contributed by atoms with van der Waals surface area (Å²) in [5.74, 6) is 0.989. The Hall–Kier alpha value is -2.21. The van der Waals surface area contributed by atoms with Crippen LogP contribution in [0.15, 0.2) is 35.8 Å². The lowest BCUT2D eigenvalue weighted by atomic mass is 10.2. The lowest BCUT2D eigenvalue weighted by molar-refractivity contribution is -0.121. The second-order valence-corrected chi connectivity index (χ2v) is 6.95. The molecule has 1 unspecified atom stereocenters. The highest BCUT2D eigenvalue weighted by Gasteiger charge is 2.14. The molecule has 0 aromatic carbocycles. The van der Waals surface area contributed by atoms with Crippen LogP contribution in [0.1, 0.15) is 37.4 Å². The maximum absolute atomic E-state index is 12.1. The van der Waals surface area contributed by atoms with Gasteiger partial charge in [0.1, 0.15) is 11.3 Å². The van der Waals surface area contributed by atoms with Crippen molar-refractivity contribution in [1.29, 1.82) is 0 Å². The molecule has 6 heteroatoms. The zero-order chi connectivity index (χ0) is 16.9. The summed E-state index contributed by atoms with van der Waals surface area (Å²) in [5, 5.41) is 5.08. The molecule has 0 aliphatic rings. The van der Waals surface area contributed by atoms with Gasteiger partial charge in [0.25, 0.3) is 0 Å². The zero-order valence-electron chi connectivity index (χ0n) is 14.0. The third kappa shape index (κ3) is 3.82. The fourth-order valence-corrected chi connectivity index (χ4v) is 3.29. The Morgan fingerprint density at radius 1 is 1.38 bits per heavy atom. The van der Waals surface area contributed by atoms with Gasteiger partial charge in [0, 0.05) is 30.0 Å². The molecule has 1 atom stereocenters. The predicted molar refractivity (Wildman–Crippen MR) is 97.2 cm³/mol. The molecule has 0 bridgehead atoms. The van der Waals surface area contributed by atoms with Crippen LogP contribution in [0.4, 0.5) is 0 Å². The fraction of sp³-hybridized carbons (Fsp3) is 0.389. The standard InChI is InChI=1S/C18H22N4OS/c1-3-13(2)20-17(23)9-8-16-21-15-7-4-10-19-18(15)22(16)12-14-6-5-11-24-14/h4-7,10-11,13H,3,8-9,12H2,1-2H3,(H,20,23). The largest absolute Gasteiger partial charge is 0.354 e. The first kappa shape index (κ1) is 16.6. The molecular formula is C18H22N4OS. The van der Waals surface area contributed by atoms with Crippen LogP contribution in [0.25, 0.3) is 11.2 Å². The third-order valence-corrected chi connectivity index (χ3v) is 4.93. The first-order valence-corrected chi connectivity index (χ1v) is 9.17. The summed E-state index contributed by atoms with van der Waals surface area (Å²) in [6, 6.07) is 8.23. The van der Waals surface area contributed by atoms with Gasteiger partial charge in [-0.2, -0.15) is 0 Å². The lowest BCUT2D eigenvalue weighted by Crippen LogP contribution is -2.32. The van der Waals surface area contributed by atoms with Gasteiger partial charge in [0.15, 0.2) is 5.65 Å². The number of rotatable bonds is 7. The molecule has 0 saturated carbocycles. The van der Waals surface area contributed by atoms with Crippen molar-refractivity contribution in [2.24, 2.45) is 0 Å². The van der Waals surface area contributed by atoms with E-state index in [2.05, 4.69) is 38.2 Å². The molecule has 5 nitrogen and oxygen atoms in total. The van der Waals surface area contributed by atoms with Crippen LogP contribution in [0.2, 0.25) is 0 Å². The smallest absolute Gasteiger partial charge is 0.220 e. The van der Waals surface area contributed by atoms with Gasteiger partial charge in [-0.3, -0.25) is 4.79 Å². The van der Waals surface area contributed by atoms with Gasteiger partial charge in [-0.15, -0.1) is 11.3 Å². The number of amides is 1. The number of fused-ring (bicyclic) bond motifs is 1. The molecule has 1 amide bonds. The Morgan fingerprint density at radius 2 is 2.25 bits per heavy atom. The van der Waals surface area contributed by atoms with Crippen LogP contribution < -0.4 is 5.32 Å². The molecule has 0 aliphatic heterocycles. The monoisotopic (exact) mass is 342 g/mol. The minimum absolute atomic E-state index is 0.0760. The molecule has 0 radical (unpaired) electrons. The summed E-state index contributed by atoms with van der Waals surface area (Å²) >= 11 is 1.72. The van der Waals surface area contributed by atoms with Crippen LogP contribution in [0.3, 0.4) is 0 Å². The fourth-order valence-electron chi connectivity index (χ4n) is 2.60. The number of carbonyl (C=O) groups is 1. The van der Waals surface area contributed by atoms with E-state index in [1.54, 1.807) is 17.5 Å². The molecule has 0 saturated heterocycles. The lowest BCUT2D eigenvalue weighted by Gasteiger charge is -2.11. The zero-order valence-corrected chi connectivity index (χ0v) is 14.8. The van der Waals surface area contributed by atoms with Crippen molar-refractivity contribution in [3.63, 3.8) is 0 Å². The second kappa shape index (κ2) is 7.57. The van der Waals surface area contributed by atoms with Gasteiger partial charge in [-0.25, -0.2) is 9.97 Å². The van der Waals surface area contributed by atoms with Crippen molar-refractivity contribution in [3.8, 4) is 0 Å². The minimum atomic E-state index is 0.0760. The number of thiophene rings is 1. The maximum Gasteiger partial charge on any atom is 0.220 e. The number of pyridine rings is 1. The Morgan fingerprint density at radius 3 is 3.00 bits per heavy atom. The van der Waals surface area contributed by atoms with Gasteiger partial charge < -0.3 is 9.88 Å². The summed E-state index contributed by atoms with van der Waals surface area (Å²) in [7, 11) is 0. The van der Waals surface area contributed by atoms with E-state index >= 15 is 0 Å². The van der Waals surface area contributed by atoms with E-state index in [0.717, 1.165) is 30.0 Å². The Balaban J connectivity index is 1.80. The normalized spacial score (nSPS) is 12.4. The molecule has 0 aliphatic carbocycles. The van der Waals surface area contributed by atoms with Crippen molar-refractivity contribution in [2.75, 3.05) is 0 Å². The van der Waals surface area contributed by atoms with Crippen molar-refractivity contribution in [3.05, 3.63) is 46.5 Å². The minimum Gasteiger partial charge on any atom is -0.354 e. The summed E-state index contributed by atoms with van der Waals surface area (Å²) < 4.78 is 2.12. The summed E-state index contributed by atoms with van der Waals surface area (Å²) in [6.07, 6.45) is 3.78. The van der Waals surface area contributed by atoms with Crippen LogP contribution in [-0.4, -0.2) is 26.5 Å². The molecule has 3 rings (SSSR count). The average Bonchev–Trinajstić information content (AvgIpc) is 3.21. The number of hydrogen-bond donors (Lipinski definition) is 1. The molecule has 126 valence electrons. The van der Waals surface area contributed by atoms with Crippen LogP contribution >= 0.6 is 11.3 Å². The van der Waals surface area contributed by atoms with Crippen molar-refractivity contribution in [1.82, 2.24) is 19.9 Å². The number of aromatic nitrogens is 3. The van der Waals surface area contributed by atoms with E-state index in [9.17, 15) is 4.79 Å². The van der Waals surface area contributed by atoms with E-state index in [-0.39, 0.29) is 11.9 Å². The number of nitrogens with one attached hydrogen (secondary N) is 1. The molecule has 0 fully saturated rings. The van der Waals surface area contributed by atoms with Crippen molar-refractivity contribution >= 4 is 28.4 Å². The van der Waals surface area contributed by atoms with Gasteiger partial charge in [-0.05, 0) is 36.9 Å². The second-order valence-electron chi connectivity index (χ2n) is 5.92. The summed E-state index contributed by atoms with van der Waals surface area (Å²) in [5.41, 5.74) is 1.76. The molecule has 24 heavy (non-hydrogen) atoms. The Bertz CT molecular complexity index is 810. The molecular weight excluding hydrogens is 320 g/mol. The third-order valence-electron chi connectivity index (χ3n) is 4.07. The first-order valence-electron chi connectivity index (χ1n) is 8.29. The van der Waals surface area contributed by atoms with Crippen LogP contribution in [0.5, 0.6) is 0 Å². The van der Waals surface area contributed by atoms with Crippen LogP contribution in [-0.2, 0) is 17.8 Å². The summed E-state index contributed by atoms with van der Waals surface area (Å²) in [6.45, 7) is 4.83. The number of carbonyl (C=O) groups excluding carboxylic acids is 1. The summed E-state index contributed by atoms with van der Waals surface area (Å²) in [4.78, 5) is 22.5. The average molecular weight is 342 g/mol. The van der Waals surface area contributed by atoms with E-state index in [4.69, 9.17) is 0 Å². The van der Waals surface area contributed by atoms with Crippen molar-refractivity contribution < 1.29 is 4.79 Å². The Labute approximate surface area is 145 Å². The highest BCUT2D eigenvalue weighted by Crippen LogP contribution is 2.19. The Kier molecular flexibility index (Phi) is 5.25. The number of aryl methyl sites for hydroxylation is 1. The quantitative estimate of drug-likeness (QED) is 0.716. The topological polar surface area (TPSA) is 59.8 Å². The molecule has 3 aromatic rings. The highest BCUT2D eigenvalue weighted by molar-refractivity contribution is 7.09. The SMILES string of the molecule is CCC(C)NC(=O)CCc1nc2cccnc2n1Cc1cccs1. The van der Waals surface area contributed by atoms with Gasteiger partial charge in [-0.1, -0.05) is 13.0 Å². The predicted octanol–water partition coefficient (Wildman–Crippen LogP) is 3.39. The van der Waals surface area contributed by atoms with Crippen LogP contribution in [0, 0.1) is 0 Å². The van der Waals surface area contributed by atoms with Gasteiger partial charge >= 0.3 is 0 Å². The first-order chi connectivity index (χ1) is 11.7. The van der Waals surface area contributed by atoms with E-state index in [1.807, 2.05) is 25.1 Å².